The second-order valence-corrected chi connectivity index (χ2v) is 5.36. The largest absolute Gasteiger partial charge is 0.376 e. The van der Waals surface area contributed by atoms with E-state index in [1.165, 1.54) is 0 Å². The highest BCUT2D eigenvalue weighted by atomic mass is 79.9. The van der Waals surface area contributed by atoms with E-state index in [1.54, 1.807) is 0 Å². The topological polar surface area (TPSA) is 50.4 Å². The molecule has 1 aromatic rings. The first-order chi connectivity index (χ1) is 8.65. The van der Waals surface area contributed by atoms with Crippen molar-refractivity contribution in [3.8, 4) is 0 Å². The van der Waals surface area contributed by atoms with E-state index < -0.39 is 0 Å². The lowest BCUT2D eigenvalue weighted by Crippen LogP contribution is -2.42. The quantitative estimate of drug-likeness (QED) is 0.901. The first-order valence-electron chi connectivity index (χ1n) is 6.10. The molecule has 0 spiro atoms. The highest BCUT2D eigenvalue weighted by molar-refractivity contribution is 9.10. The molecule has 0 unspecified atom stereocenters. The van der Waals surface area contributed by atoms with E-state index in [0.29, 0.717) is 0 Å². The minimum atomic E-state index is -0.194. The summed E-state index contributed by atoms with van der Waals surface area (Å²) in [5.74, 6) is 0. The molecule has 1 aliphatic heterocycles. The van der Waals surface area contributed by atoms with E-state index in [9.17, 15) is 4.79 Å². The molecule has 98 valence electrons. The summed E-state index contributed by atoms with van der Waals surface area (Å²) in [4.78, 5) is 11.8. The number of urea groups is 1. The second kappa shape index (κ2) is 6.20. The van der Waals surface area contributed by atoms with Crippen LogP contribution < -0.4 is 10.6 Å². The Morgan fingerprint density at radius 1 is 1.44 bits per heavy atom. The van der Waals surface area contributed by atoms with Crippen LogP contribution in [0.2, 0.25) is 0 Å². The molecule has 2 N–H and O–H groups in total. The van der Waals surface area contributed by atoms with Crippen molar-refractivity contribution in [1.29, 1.82) is 0 Å². The summed E-state index contributed by atoms with van der Waals surface area (Å²) in [6, 6.07) is 7.31. The third kappa shape index (κ3) is 3.71. The molecule has 2 atom stereocenters. The number of rotatable bonds is 3. The Kier molecular flexibility index (Phi) is 4.60. The minimum Gasteiger partial charge on any atom is -0.376 e. The van der Waals surface area contributed by atoms with Crippen molar-refractivity contribution in [1.82, 2.24) is 5.32 Å². The minimum absolute atomic E-state index is 0.0305. The third-order valence-corrected chi connectivity index (χ3v) is 3.51. The molecule has 0 radical (unpaired) electrons. The van der Waals surface area contributed by atoms with Gasteiger partial charge in [-0.3, -0.25) is 0 Å². The van der Waals surface area contributed by atoms with Gasteiger partial charge in [-0.2, -0.15) is 0 Å². The van der Waals surface area contributed by atoms with Gasteiger partial charge in [-0.15, -0.1) is 0 Å². The van der Waals surface area contributed by atoms with Gasteiger partial charge in [0.1, 0.15) is 0 Å². The molecule has 1 aliphatic rings. The van der Waals surface area contributed by atoms with Crippen molar-refractivity contribution in [3.05, 3.63) is 28.7 Å². The van der Waals surface area contributed by atoms with E-state index in [-0.39, 0.29) is 18.2 Å². The van der Waals surface area contributed by atoms with E-state index >= 15 is 0 Å². The van der Waals surface area contributed by atoms with Gasteiger partial charge in [-0.25, -0.2) is 4.79 Å². The highest BCUT2D eigenvalue weighted by Crippen LogP contribution is 2.16. The van der Waals surface area contributed by atoms with Crippen molar-refractivity contribution in [2.24, 2.45) is 0 Å². The summed E-state index contributed by atoms with van der Waals surface area (Å²) < 4.78 is 6.52. The first-order valence-corrected chi connectivity index (χ1v) is 6.89. The number of anilines is 1. The first kappa shape index (κ1) is 13.4. The summed E-state index contributed by atoms with van der Waals surface area (Å²) in [6.07, 6.45) is 2.23. The van der Waals surface area contributed by atoms with Crippen LogP contribution in [0.3, 0.4) is 0 Å². The number of ether oxygens (including phenoxy) is 1. The maximum Gasteiger partial charge on any atom is 0.319 e. The molecular formula is C13H17BrN2O2. The van der Waals surface area contributed by atoms with Crippen molar-refractivity contribution in [3.63, 3.8) is 0 Å². The molecule has 0 aliphatic carbocycles. The molecule has 0 bridgehead atoms. The van der Waals surface area contributed by atoms with E-state index in [2.05, 4.69) is 26.6 Å². The van der Waals surface area contributed by atoms with Crippen LogP contribution in [0.1, 0.15) is 19.8 Å². The summed E-state index contributed by atoms with van der Waals surface area (Å²) in [5, 5.41) is 5.70. The monoisotopic (exact) mass is 312 g/mol. The van der Waals surface area contributed by atoms with Gasteiger partial charge >= 0.3 is 6.03 Å². The standard InChI is InChI=1S/C13H17BrN2O2/c1-9(12-3-2-8-18-12)15-13(17)16-11-6-4-10(14)5-7-11/h4-7,9,12H,2-3,8H2,1H3,(H2,15,16,17)/t9-,12-/m0/s1. The van der Waals surface area contributed by atoms with E-state index in [4.69, 9.17) is 4.74 Å². The molecule has 2 rings (SSSR count). The van der Waals surface area contributed by atoms with Gasteiger partial charge in [-0.05, 0) is 44.0 Å². The second-order valence-electron chi connectivity index (χ2n) is 4.45. The van der Waals surface area contributed by atoms with Gasteiger partial charge < -0.3 is 15.4 Å². The Morgan fingerprint density at radius 2 is 2.17 bits per heavy atom. The Morgan fingerprint density at radius 3 is 2.78 bits per heavy atom. The lowest BCUT2D eigenvalue weighted by molar-refractivity contribution is 0.0868. The Labute approximate surface area is 115 Å². The summed E-state index contributed by atoms with van der Waals surface area (Å²) in [6.45, 7) is 2.77. The number of carbonyl (C=O) groups excluding carboxylic acids is 1. The Hall–Kier alpha value is -1.07. The zero-order valence-electron chi connectivity index (χ0n) is 10.3. The zero-order chi connectivity index (χ0) is 13.0. The average molecular weight is 313 g/mol. The fourth-order valence-corrected chi connectivity index (χ4v) is 2.26. The zero-order valence-corrected chi connectivity index (χ0v) is 11.9. The number of halogens is 1. The van der Waals surface area contributed by atoms with Crippen LogP contribution in [0.15, 0.2) is 28.7 Å². The van der Waals surface area contributed by atoms with Crippen molar-refractivity contribution in [2.45, 2.75) is 31.9 Å². The number of benzene rings is 1. The number of nitrogens with one attached hydrogen (secondary N) is 2. The normalized spacial score (nSPS) is 20.4. The van der Waals surface area contributed by atoms with E-state index in [0.717, 1.165) is 29.6 Å². The predicted molar refractivity (Wildman–Crippen MR) is 74.7 cm³/mol. The molecule has 4 nitrogen and oxygen atoms in total. The van der Waals surface area contributed by atoms with Gasteiger partial charge in [0.25, 0.3) is 0 Å². The van der Waals surface area contributed by atoms with Crippen LogP contribution >= 0.6 is 15.9 Å². The predicted octanol–water partition coefficient (Wildman–Crippen LogP) is 3.14. The summed E-state index contributed by atoms with van der Waals surface area (Å²) in [7, 11) is 0. The molecule has 1 aromatic carbocycles. The molecule has 5 heteroatoms. The fourth-order valence-electron chi connectivity index (χ4n) is 2.00. The maximum atomic E-state index is 11.8. The van der Waals surface area contributed by atoms with Crippen LogP contribution in [-0.4, -0.2) is 24.8 Å². The lowest BCUT2D eigenvalue weighted by Gasteiger charge is -2.20. The molecule has 0 saturated carbocycles. The SMILES string of the molecule is C[C@H](NC(=O)Nc1ccc(Br)cc1)[C@@H]1CCCO1. The average Bonchev–Trinajstić information content (AvgIpc) is 2.85. The summed E-state index contributed by atoms with van der Waals surface area (Å²) in [5.41, 5.74) is 0.773. The molecule has 18 heavy (non-hydrogen) atoms. The molecule has 2 amide bonds. The number of amides is 2. The van der Waals surface area contributed by atoms with Crippen LogP contribution in [-0.2, 0) is 4.74 Å². The third-order valence-electron chi connectivity index (χ3n) is 2.98. The smallest absolute Gasteiger partial charge is 0.319 e. The highest BCUT2D eigenvalue weighted by Gasteiger charge is 2.23. The Balaban J connectivity index is 1.82. The van der Waals surface area contributed by atoms with Crippen molar-refractivity contribution >= 4 is 27.6 Å². The van der Waals surface area contributed by atoms with Crippen LogP contribution in [0, 0.1) is 0 Å². The van der Waals surface area contributed by atoms with Gasteiger partial charge in [0.15, 0.2) is 0 Å². The van der Waals surface area contributed by atoms with Crippen LogP contribution in [0.5, 0.6) is 0 Å². The number of hydrogen-bond acceptors (Lipinski definition) is 2. The van der Waals surface area contributed by atoms with Gasteiger partial charge in [0.05, 0.1) is 12.1 Å². The molecule has 1 heterocycles. The Bertz CT molecular complexity index is 402. The molecular weight excluding hydrogens is 296 g/mol. The maximum absolute atomic E-state index is 11.8. The number of carbonyl (C=O) groups is 1. The van der Waals surface area contributed by atoms with Gasteiger partial charge in [0, 0.05) is 16.8 Å². The number of hydrogen-bond donors (Lipinski definition) is 2. The molecule has 1 saturated heterocycles. The van der Waals surface area contributed by atoms with E-state index in [1.807, 2.05) is 31.2 Å². The van der Waals surface area contributed by atoms with Crippen LogP contribution in [0.4, 0.5) is 10.5 Å². The van der Waals surface area contributed by atoms with Crippen LogP contribution in [0.25, 0.3) is 0 Å². The molecule has 0 aromatic heterocycles. The van der Waals surface area contributed by atoms with Crippen molar-refractivity contribution < 1.29 is 9.53 Å². The molecule has 1 fully saturated rings. The fraction of sp³-hybridized carbons (Fsp3) is 0.462. The lowest BCUT2D eigenvalue weighted by atomic mass is 10.1. The van der Waals surface area contributed by atoms with Crippen molar-refractivity contribution in [2.75, 3.05) is 11.9 Å². The summed E-state index contributed by atoms with van der Waals surface area (Å²) >= 11 is 3.35. The van der Waals surface area contributed by atoms with Gasteiger partial charge in [-0.1, -0.05) is 15.9 Å². The van der Waals surface area contributed by atoms with Gasteiger partial charge in [0.2, 0.25) is 0 Å².